The van der Waals surface area contributed by atoms with Gasteiger partial charge in [0.15, 0.2) is 0 Å². The number of nitrogens with zero attached hydrogens (tertiary/aromatic N) is 1. The summed E-state index contributed by atoms with van der Waals surface area (Å²) in [7, 11) is -4.34. The molecule has 0 radical (unpaired) electrons. The number of nitrogens with one attached hydrogen (secondary N) is 2. The Morgan fingerprint density at radius 1 is 1.16 bits per heavy atom. The van der Waals surface area contributed by atoms with Gasteiger partial charge in [-0.3, -0.25) is 9.82 Å². The maximum Gasteiger partial charge on any atom is 0.417 e. The Morgan fingerprint density at radius 3 is 2.42 bits per heavy atom. The van der Waals surface area contributed by atoms with Crippen LogP contribution in [0, 0.1) is 0 Å². The van der Waals surface area contributed by atoms with Crippen molar-refractivity contribution in [2.45, 2.75) is 11.1 Å². The Bertz CT molecular complexity index is 666. The molecule has 2 rings (SSSR count). The van der Waals surface area contributed by atoms with Gasteiger partial charge in [-0.05, 0) is 12.1 Å². The zero-order valence-corrected chi connectivity index (χ0v) is 10.1. The highest BCUT2D eigenvalue weighted by Gasteiger charge is 2.36. The summed E-state index contributed by atoms with van der Waals surface area (Å²) in [6, 6.07) is 5.23. The van der Waals surface area contributed by atoms with E-state index in [1.54, 1.807) is 0 Å². The van der Waals surface area contributed by atoms with E-state index in [9.17, 15) is 21.6 Å². The summed E-state index contributed by atoms with van der Waals surface area (Å²) in [6.07, 6.45) is -3.48. The van der Waals surface area contributed by atoms with E-state index in [-0.39, 0.29) is 5.82 Å². The van der Waals surface area contributed by atoms with Crippen molar-refractivity contribution in [3.05, 3.63) is 42.1 Å². The summed E-state index contributed by atoms with van der Waals surface area (Å²) in [5, 5.41) is 5.80. The molecule has 0 atom stereocenters. The van der Waals surface area contributed by atoms with Crippen LogP contribution in [0.5, 0.6) is 0 Å². The molecule has 1 heterocycles. The summed E-state index contributed by atoms with van der Waals surface area (Å²) in [4.78, 5) is -0.836. The zero-order valence-electron chi connectivity index (χ0n) is 9.27. The summed E-state index contributed by atoms with van der Waals surface area (Å²) in [5.41, 5.74) is -1.22. The first kappa shape index (κ1) is 13.4. The van der Waals surface area contributed by atoms with E-state index in [1.807, 2.05) is 4.72 Å². The number of hydrogen-bond donors (Lipinski definition) is 2. The van der Waals surface area contributed by atoms with E-state index in [0.717, 1.165) is 12.1 Å². The fraction of sp³-hybridized carbons (Fsp3) is 0.100. The first-order chi connectivity index (χ1) is 8.81. The van der Waals surface area contributed by atoms with Crippen molar-refractivity contribution in [3.63, 3.8) is 0 Å². The third-order valence-corrected chi connectivity index (χ3v) is 3.65. The predicted molar refractivity (Wildman–Crippen MR) is 60.8 cm³/mol. The molecule has 0 saturated carbocycles. The molecule has 1 aromatic carbocycles. The Hall–Kier alpha value is -2.03. The van der Waals surface area contributed by atoms with Gasteiger partial charge in [0, 0.05) is 6.07 Å². The molecule has 2 aromatic rings. The van der Waals surface area contributed by atoms with Crippen LogP contribution >= 0.6 is 0 Å². The Balaban J connectivity index is 2.47. The van der Waals surface area contributed by atoms with Crippen LogP contribution in [0.3, 0.4) is 0 Å². The minimum absolute atomic E-state index is 0.0167. The van der Waals surface area contributed by atoms with Crippen LogP contribution in [0.15, 0.2) is 41.4 Å². The second-order valence-corrected chi connectivity index (χ2v) is 5.22. The smallest absolute Gasteiger partial charge is 0.264 e. The lowest BCUT2D eigenvalue weighted by Gasteiger charge is -2.13. The largest absolute Gasteiger partial charge is 0.417 e. The molecule has 0 saturated heterocycles. The average Bonchev–Trinajstić information content (AvgIpc) is 2.80. The van der Waals surface area contributed by atoms with Gasteiger partial charge in [0.25, 0.3) is 10.0 Å². The monoisotopic (exact) mass is 291 g/mol. The molecule has 0 spiro atoms. The van der Waals surface area contributed by atoms with Crippen molar-refractivity contribution in [1.29, 1.82) is 0 Å². The van der Waals surface area contributed by atoms with Gasteiger partial charge in [-0.15, -0.1) is 0 Å². The fourth-order valence-electron chi connectivity index (χ4n) is 1.45. The lowest BCUT2D eigenvalue weighted by Crippen LogP contribution is -2.19. The number of aromatic nitrogens is 2. The second-order valence-electron chi connectivity index (χ2n) is 3.57. The van der Waals surface area contributed by atoms with Crippen molar-refractivity contribution in [3.8, 4) is 0 Å². The van der Waals surface area contributed by atoms with Gasteiger partial charge in [0.2, 0.25) is 0 Å². The highest BCUT2D eigenvalue weighted by molar-refractivity contribution is 7.92. The standard InChI is InChI=1S/C10H8F3N3O2S/c11-10(12,13)7-3-1-2-4-8(7)19(17,18)16-9-5-6-14-15-9/h1-6H,(H2,14,15,16). The van der Waals surface area contributed by atoms with Crippen LogP contribution in [0.1, 0.15) is 5.56 Å². The number of aromatic amines is 1. The molecule has 0 fully saturated rings. The maximum atomic E-state index is 12.7. The quantitative estimate of drug-likeness (QED) is 0.910. The van der Waals surface area contributed by atoms with Crippen LogP contribution in [0.4, 0.5) is 19.0 Å². The highest BCUT2D eigenvalue weighted by Crippen LogP contribution is 2.34. The van der Waals surface area contributed by atoms with Crippen molar-refractivity contribution in [2.75, 3.05) is 4.72 Å². The molecule has 0 amide bonds. The number of alkyl halides is 3. The molecule has 102 valence electrons. The van der Waals surface area contributed by atoms with Crippen LogP contribution in [0.2, 0.25) is 0 Å². The van der Waals surface area contributed by atoms with Gasteiger partial charge in [-0.2, -0.15) is 18.3 Å². The van der Waals surface area contributed by atoms with Gasteiger partial charge >= 0.3 is 6.18 Å². The van der Waals surface area contributed by atoms with Crippen LogP contribution in [-0.4, -0.2) is 18.6 Å². The molecule has 0 aliphatic rings. The average molecular weight is 291 g/mol. The zero-order chi connectivity index (χ0) is 14.1. The van der Waals surface area contributed by atoms with Gasteiger partial charge < -0.3 is 0 Å². The molecule has 5 nitrogen and oxygen atoms in total. The molecular weight excluding hydrogens is 283 g/mol. The summed E-state index contributed by atoms with van der Waals surface area (Å²) in [5.74, 6) is -0.0167. The molecule has 9 heteroatoms. The van der Waals surface area contributed by atoms with Gasteiger partial charge in [-0.25, -0.2) is 8.42 Å². The number of H-pyrrole nitrogens is 1. The first-order valence-electron chi connectivity index (χ1n) is 4.99. The molecule has 0 bridgehead atoms. The van der Waals surface area contributed by atoms with E-state index in [1.165, 1.54) is 18.3 Å². The van der Waals surface area contributed by atoms with Gasteiger partial charge in [-0.1, -0.05) is 12.1 Å². The molecule has 0 aliphatic heterocycles. The van der Waals surface area contributed by atoms with Crippen molar-refractivity contribution >= 4 is 15.8 Å². The summed E-state index contributed by atoms with van der Waals surface area (Å²) < 4.78 is 64.0. The van der Waals surface area contributed by atoms with E-state index in [2.05, 4.69) is 10.2 Å². The molecule has 2 N–H and O–H groups in total. The van der Waals surface area contributed by atoms with Crippen molar-refractivity contribution < 1.29 is 21.6 Å². The van der Waals surface area contributed by atoms with Crippen LogP contribution in [-0.2, 0) is 16.2 Å². The molecule has 1 aromatic heterocycles. The van der Waals surface area contributed by atoms with E-state index < -0.39 is 26.7 Å². The first-order valence-corrected chi connectivity index (χ1v) is 6.47. The second kappa shape index (κ2) is 4.57. The van der Waals surface area contributed by atoms with E-state index in [0.29, 0.717) is 6.07 Å². The van der Waals surface area contributed by atoms with Crippen LogP contribution < -0.4 is 4.72 Å². The lowest BCUT2D eigenvalue weighted by molar-refractivity contribution is -0.139. The summed E-state index contributed by atoms with van der Waals surface area (Å²) >= 11 is 0. The highest BCUT2D eigenvalue weighted by atomic mass is 32.2. The Labute approximate surface area is 106 Å². The third kappa shape index (κ3) is 2.87. The fourth-order valence-corrected chi connectivity index (χ4v) is 2.69. The molecule has 0 aliphatic carbocycles. The number of halogens is 3. The molecular formula is C10H8F3N3O2S. The molecule has 19 heavy (non-hydrogen) atoms. The third-order valence-electron chi connectivity index (χ3n) is 2.23. The number of anilines is 1. The SMILES string of the molecule is O=S(=O)(Nc1ccn[nH]1)c1ccccc1C(F)(F)F. The molecule has 0 unspecified atom stereocenters. The number of benzene rings is 1. The van der Waals surface area contributed by atoms with E-state index >= 15 is 0 Å². The van der Waals surface area contributed by atoms with Gasteiger partial charge in [0.1, 0.15) is 5.82 Å². The van der Waals surface area contributed by atoms with Gasteiger partial charge in [0.05, 0.1) is 16.7 Å². The lowest BCUT2D eigenvalue weighted by atomic mass is 10.2. The minimum atomic E-state index is -4.75. The number of hydrogen-bond acceptors (Lipinski definition) is 3. The predicted octanol–water partition coefficient (Wildman–Crippen LogP) is 2.23. The minimum Gasteiger partial charge on any atom is -0.264 e. The van der Waals surface area contributed by atoms with Crippen LogP contribution in [0.25, 0.3) is 0 Å². The number of sulfonamides is 1. The Kier molecular flexibility index (Phi) is 3.23. The Morgan fingerprint density at radius 2 is 1.84 bits per heavy atom. The normalized spacial score (nSPS) is 12.4. The van der Waals surface area contributed by atoms with Crippen molar-refractivity contribution in [1.82, 2.24) is 10.2 Å². The summed E-state index contributed by atoms with van der Waals surface area (Å²) in [6.45, 7) is 0. The van der Waals surface area contributed by atoms with E-state index in [4.69, 9.17) is 0 Å². The maximum absolute atomic E-state index is 12.7. The van der Waals surface area contributed by atoms with Crippen molar-refractivity contribution in [2.24, 2.45) is 0 Å². The number of rotatable bonds is 3. The topological polar surface area (TPSA) is 74.8 Å².